The number of nitrogens with zero attached hydrogens (tertiary/aromatic N) is 6. The van der Waals surface area contributed by atoms with Crippen LogP contribution in [0.3, 0.4) is 0 Å². The quantitative estimate of drug-likeness (QED) is 0.357. The monoisotopic (exact) mass is 418 g/mol. The highest BCUT2D eigenvalue weighted by atomic mass is 16.6. The van der Waals surface area contributed by atoms with Crippen molar-refractivity contribution in [3.8, 4) is 22.8 Å². The number of ether oxygens (including phenoxy) is 1. The minimum Gasteiger partial charge on any atom is -0.497 e. The number of hydrogen-bond donors (Lipinski definition) is 2. The number of nitrogen functional groups attached to an aromatic ring is 1. The average Bonchev–Trinajstić information content (AvgIpc) is 3.40. The third-order valence-electron chi connectivity index (χ3n) is 4.40. The number of rotatable bonds is 6. The minimum atomic E-state index is -0.554. The van der Waals surface area contributed by atoms with Crippen molar-refractivity contribution < 1.29 is 14.2 Å². The molecule has 1 amide bonds. The van der Waals surface area contributed by atoms with E-state index in [4.69, 9.17) is 10.5 Å². The SMILES string of the molecule is COc1ccc(/C=N\NC(=O)c2nnn(-c3nonc3N)c2-c2ccc(C)cc2)cc1. The molecule has 0 aliphatic heterocycles. The van der Waals surface area contributed by atoms with E-state index in [0.717, 1.165) is 16.9 Å². The molecule has 4 rings (SSSR count). The van der Waals surface area contributed by atoms with Crippen LogP contribution in [0.15, 0.2) is 58.3 Å². The molecular weight excluding hydrogens is 400 g/mol. The topological polar surface area (TPSA) is 146 Å². The van der Waals surface area contributed by atoms with Crippen LogP contribution in [-0.4, -0.2) is 44.5 Å². The number of carbonyl (C=O) groups is 1. The fourth-order valence-electron chi connectivity index (χ4n) is 2.80. The van der Waals surface area contributed by atoms with Gasteiger partial charge < -0.3 is 10.5 Å². The van der Waals surface area contributed by atoms with E-state index in [1.54, 1.807) is 19.2 Å². The van der Waals surface area contributed by atoms with Crippen LogP contribution in [0.5, 0.6) is 5.75 Å². The summed E-state index contributed by atoms with van der Waals surface area (Å²) in [4.78, 5) is 12.8. The van der Waals surface area contributed by atoms with Gasteiger partial charge in [0.25, 0.3) is 5.91 Å². The molecule has 4 aromatic rings. The van der Waals surface area contributed by atoms with E-state index in [2.05, 4.69) is 35.8 Å². The lowest BCUT2D eigenvalue weighted by molar-refractivity contribution is 0.0950. The molecule has 0 radical (unpaired) electrons. The van der Waals surface area contributed by atoms with Gasteiger partial charge in [0.2, 0.25) is 11.6 Å². The first-order valence-electron chi connectivity index (χ1n) is 9.15. The van der Waals surface area contributed by atoms with Gasteiger partial charge in [-0.25, -0.2) is 10.1 Å². The second-order valence-electron chi connectivity index (χ2n) is 6.51. The number of benzene rings is 2. The van der Waals surface area contributed by atoms with Crippen LogP contribution in [0.1, 0.15) is 21.6 Å². The summed E-state index contributed by atoms with van der Waals surface area (Å²) < 4.78 is 11.1. The highest BCUT2D eigenvalue weighted by molar-refractivity contribution is 5.98. The molecule has 0 aliphatic carbocycles. The molecule has 0 aliphatic rings. The van der Waals surface area contributed by atoms with Crippen LogP contribution in [0.25, 0.3) is 17.1 Å². The summed E-state index contributed by atoms with van der Waals surface area (Å²) in [6, 6.07) is 14.7. The second kappa shape index (κ2) is 8.45. The van der Waals surface area contributed by atoms with Gasteiger partial charge in [-0.05, 0) is 47.1 Å². The Morgan fingerprint density at radius 2 is 1.90 bits per heavy atom. The van der Waals surface area contributed by atoms with Gasteiger partial charge in [0.1, 0.15) is 11.4 Å². The number of methoxy groups -OCH3 is 1. The number of amides is 1. The van der Waals surface area contributed by atoms with Crippen molar-refractivity contribution in [2.24, 2.45) is 5.10 Å². The Morgan fingerprint density at radius 1 is 1.16 bits per heavy atom. The van der Waals surface area contributed by atoms with Crippen molar-refractivity contribution in [3.05, 3.63) is 65.4 Å². The molecule has 2 heterocycles. The van der Waals surface area contributed by atoms with Crippen molar-refractivity contribution in [2.75, 3.05) is 12.8 Å². The maximum absolute atomic E-state index is 12.8. The standard InChI is InChI=1S/C20H18N8O3/c1-12-3-7-14(8-4-12)17-16(23-27-28(17)19-18(21)25-31-26-19)20(29)24-22-11-13-5-9-15(30-2)10-6-13/h3-11H,1-2H3,(H2,21,25)(H,24,29)/b22-11-. The van der Waals surface area contributed by atoms with Gasteiger partial charge >= 0.3 is 0 Å². The summed E-state index contributed by atoms with van der Waals surface area (Å²) in [7, 11) is 1.59. The molecule has 31 heavy (non-hydrogen) atoms. The smallest absolute Gasteiger partial charge is 0.294 e. The Kier molecular flexibility index (Phi) is 5.39. The molecule has 2 aromatic carbocycles. The van der Waals surface area contributed by atoms with Crippen LogP contribution >= 0.6 is 0 Å². The maximum atomic E-state index is 12.8. The Balaban J connectivity index is 1.64. The normalized spacial score (nSPS) is 11.0. The van der Waals surface area contributed by atoms with Gasteiger partial charge in [-0.15, -0.1) is 5.10 Å². The van der Waals surface area contributed by atoms with Crippen LogP contribution in [0.4, 0.5) is 5.82 Å². The first-order chi connectivity index (χ1) is 15.1. The van der Waals surface area contributed by atoms with Gasteiger partial charge in [-0.3, -0.25) is 4.79 Å². The predicted octanol–water partition coefficient (Wildman–Crippen LogP) is 1.98. The summed E-state index contributed by atoms with van der Waals surface area (Å²) in [6.07, 6.45) is 1.51. The lowest BCUT2D eigenvalue weighted by atomic mass is 10.1. The lowest BCUT2D eigenvalue weighted by Gasteiger charge is -2.06. The molecule has 0 fully saturated rings. The molecule has 0 bridgehead atoms. The summed E-state index contributed by atoms with van der Waals surface area (Å²) in [5.41, 5.74) is 11.2. The van der Waals surface area contributed by atoms with E-state index < -0.39 is 5.91 Å². The number of hydrazone groups is 1. The van der Waals surface area contributed by atoms with Crippen LogP contribution in [0, 0.1) is 6.92 Å². The summed E-state index contributed by atoms with van der Waals surface area (Å²) in [5.74, 6) is 0.315. The number of aromatic nitrogens is 5. The fraction of sp³-hybridized carbons (Fsp3) is 0.100. The highest BCUT2D eigenvalue weighted by Gasteiger charge is 2.25. The molecule has 3 N–H and O–H groups in total. The Morgan fingerprint density at radius 3 is 2.55 bits per heavy atom. The van der Waals surface area contributed by atoms with E-state index in [-0.39, 0.29) is 17.3 Å². The molecule has 11 nitrogen and oxygen atoms in total. The lowest BCUT2D eigenvalue weighted by Crippen LogP contribution is -2.19. The zero-order valence-electron chi connectivity index (χ0n) is 16.7. The van der Waals surface area contributed by atoms with E-state index in [9.17, 15) is 4.79 Å². The maximum Gasteiger partial charge on any atom is 0.294 e. The summed E-state index contributed by atoms with van der Waals surface area (Å²) >= 11 is 0. The summed E-state index contributed by atoms with van der Waals surface area (Å²) in [5, 5.41) is 19.3. The number of nitrogens with two attached hydrogens (primary N) is 1. The van der Waals surface area contributed by atoms with Crippen molar-refractivity contribution in [1.29, 1.82) is 0 Å². The van der Waals surface area contributed by atoms with E-state index in [0.29, 0.717) is 11.3 Å². The van der Waals surface area contributed by atoms with Crippen molar-refractivity contribution in [3.63, 3.8) is 0 Å². The van der Waals surface area contributed by atoms with Gasteiger partial charge in [-0.1, -0.05) is 35.0 Å². The van der Waals surface area contributed by atoms with E-state index in [1.165, 1.54) is 10.9 Å². The minimum absolute atomic E-state index is 0.0164. The van der Waals surface area contributed by atoms with Gasteiger partial charge in [0, 0.05) is 5.56 Å². The molecular formula is C20H18N8O3. The Hall–Kier alpha value is -4.54. The molecule has 0 atom stereocenters. The zero-order chi connectivity index (χ0) is 21.8. The molecule has 0 saturated heterocycles. The zero-order valence-corrected chi connectivity index (χ0v) is 16.7. The summed E-state index contributed by atoms with van der Waals surface area (Å²) in [6.45, 7) is 1.96. The second-order valence-corrected chi connectivity index (χ2v) is 6.51. The molecule has 2 aromatic heterocycles. The molecule has 0 spiro atoms. The third-order valence-corrected chi connectivity index (χ3v) is 4.40. The van der Waals surface area contributed by atoms with E-state index in [1.807, 2.05) is 43.3 Å². The number of nitrogens with one attached hydrogen (secondary N) is 1. The van der Waals surface area contributed by atoms with Crippen molar-refractivity contribution in [2.45, 2.75) is 6.92 Å². The number of anilines is 1. The number of hydrogen-bond acceptors (Lipinski definition) is 9. The van der Waals surface area contributed by atoms with Gasteiger partial charge in [0.15, 0.2) is 5.69 Å². The number of carbonyl (C=O) groups excluding carboxylic acids is 1. The third kappa shape index (κ3) is 4.10. The Labute approximate surface area is 176 Å². The predicted molar refractivity (Wildman–Crippen MR) is 112 cm³/mol. The number of aryl methyl sites for hydroxylation is 1. The van der Waals surface area contributed by atoms with Crippen molar-refractivity contribution in [1.82, 2.24) is 30.7 Å². The highest BCUT2D eigenvalue weighted by Crippen LogP contribution is 2.26. The van der Waals surface area contributed by atoms with Crippen LogP contribution in [0.2, 0.25) is 0 Å². The van der Waals surface area contributed by atoms with Crippen LogP contribution in [-0.2, 0) is 0 Å². The average molecular weight is 418 g/mol. The molecule has 11 heteroatoms. The fourth-order valence-corrected chi connectivity index (χ4v) is 2.80. The van der Waals surface area contributed by atoms with Crippen molar-refractivity contribution >= 4 is 17.9 Å². The van der Waals surface area contributed by atoms with Gasteiger partial charge in [-0.2, -0.15) is 9.78 Å². The first-order valence-corrected chi connectivity index (χ1v) is 9.15. The largest absolute Gasteiger partial charge is 0.497 e. The molecule has 0 unspecified atom stereocenters. The first kappa shape index (κ1) is 19.8. The van der Waals surface area contributed by atoms with Crippen LogP contribution < -0.4 is 15.9 Å². The molecule has 156 valence electrons. The Bertz CT molecular complexity index is 1230. The van der Waals surface area contributed by atoms with E-state index >= 15 is 0 Å². The molecule has 0 saturated carbocycles. The van der Waals surface area contributed by atoms with Gasteiger partial charge in [0.05, 0.1) is 13.3 Å².